The minimum Gasteiger partial charge on any atom is -0.356 e. The fourth-order valence-corrected chi connectivity index (χ4v) is 4.21. The Hall–Kier alpha value is -0.660. The summed E-state index contributed by atoms with van der Waals surface area (Å²) in [7, 11) is -3.39. The van der Waals surface area contributed by atoms with Crippen LogP contribution in [0.3, 0.4) is 0 Å². The number of hydrogen-bond acceptors (Lipinski definition) is 4. The highest BCUT2D eigenvalue weighted by Crippen LogP contribution is 2.21. The maximum atomic E-state index is 12.4. The molecule has 1 aliphatic rings. The van der Waals surface area contributed by atoms with Crippen molar-refractivity contribution in [3.8, 4) is 0 Å². The molecule has 1 fully saturated rings. The molecule has 1 amide bonds. The summed E-state index contributed by atoms with van der Waals surface area (Å²) in [6, 6.07) is 0. The van der Waals surface area contributed by atoms with Crippen LogP contribution in [0.1, 0.15) is 34.1 Å². The molecule has 0 aliphatic carbocycles. The maximum absolute atomic E-state index is 12.4. The highest BCUT2D eigenvalue weighted by atomic mass is 32.2. The van der Waals surface area contributed by atoms with Crippen molar-refractivity contribution < 1.29 is 13.2 Å². The summed E-state index contributed by atoms with van der Waals surface area (Å²) in [5.41, 5.74) is -0.916. The fourth-order valence-electron chi connectivity index (χ4n) is 2.25. The van der Waals surface area contributed by atoms with Gasteiger partial charge in [-0.2, -0.15) is 4.31 Å². The van der Waals surface area contributed by atoms with Crippen LogP contribution >= 0.6 is 0 Å². The van der Waals surface area contributed by atoms with E-state index in [-0.39, 0.29) is 11.7 Å². The van der Waals surface area contributed by atoms with Crippen LogP contribution in [0.5, 0.6) is 0 Å². The molecule has 1 saturated heterocycles. The lowest BCUT2D eigenvalue weighted by Crippen LogP contribution is -2.50. The predicted molar refractivity (Wildman–Crippen MR) is 84.5 cm³/mol. The van der Waals surface area contributed by atoms with Gasteiger partial charge in [0.05, 0.1) is 11.2 Å². The Morgan fingerprint density at radius 1 is 1.29 bits per heavy atom. The largest absolute Gasteiger partial charge is 0.356 e. The van der Waals surface area contributed by atoms with Crippen LogP contribution in [0.15, 0.2) is 0 Å². The van der Waals surface area contributed by atoms with Crippen molar-refractivity contribution >= 4 is 15.9 Å². The van der Waals surface area contributed by atoms with Gasteiger partial charge >= 0.3 is 0 Å². The Morgan fingerprint density at radius 3 is 2.38 bits per heavy atom. The van der Waals surface area contributed by atoms with Crippen molar-refractivity contribution in [2.24, 2.45) is 11.3 Å². The van der Waals surface area contributed by atoms with Gasteiger partial charge in [0, 0.05) is 32.7 Å². The molecular formula is C14H29N3O3S. The lowest BCUT2D eigenvalue weighted by molar-refractivity contribution is -0.128. The van der Waals surface area contributed by atoms with Gasteiger partial charge in [0.25, 0.3) is 0 Å². The molecule has 0 spiro atoms. The van der Waals surface area contributed by atoms with Gasteiger partial charge < -0.3 is 10.6 Å². The van der Waals surface area contributed by atoms with E-state index in [0.717, 1.165) is 6.42 Å². The Balaban J connectivity index is 2.58. The van der Waals surface area contributed by atoms with Crippen LogP contribution in [0.25, 0.3) is 0 Å². The highest BCUT2D eigenvalue weighted by Gasteiger charge is 2.36. The van der Waals surface area contributed by atoms with Crippen LogP contribution < -0.4 is 10.6 Å². The van der Waals surface area contributed by atoms with Crippen molar-refractivity contribution in [1.82, 2.24) is 14.9 Å². The normalized spacial score (nSPS) is 18.0. The minimum atomic E-state index is -3.39. The molecule has 0 saturated carbocycles. The molecule has 0 atom stereocenters. The first kappa shape index (κ1) is 18.4. The van der Waals surface area contributed by atoms with E-state index in [0.29, 0.717) is 38.6 Å². The number of rotatable bonds is 7. The zero-order valence-electron chi connectivity index (χ0n) is 13.6. The van der Waals surface area contributed by atoms with Crippen LogP contribution in [-0.4, -0.2) is 57.1 Å². The summed E-state index contributed by atoms with van der Waals surface area (Å²) in [5.74, 6) is 0.174. The second-order valence-corrected chi connectivity index (χ2v) is 8.70. The van der Waals surface area contributed by atoms with Gasteiger partial charge in [0.15, 0.2) is 0 Å². The molecule has 1 aliphatic heterocycles. The molecule has 21 heavy (non-hydrogen) atoms. The zero-order valence-corrected chi connectivity index (χ0v) is 14.4. The Bertz CT molecular complexity index is 440. The molecule has 0 aromatic heterocycles. The smallest absolute Gasteiger partial charge is 0.226 e. The first-order valence-electron chi connectivity index (χ1n) is 7.62. The molecule has 7 heteroatoms. The number of carbonyl (C=O) groups is 1. The van der Waals surface area contributed by atoms with Crippen LogP contribution in [-0.2, 0) is 14.8 Å². The molecule has 124 valence electrons. The van der Waals surface area contributed by atoms with E-state index in [2.05, 4.69) is 24.5 Å². The monoisotopic (exact) mass is 319 g/mol. The molecule has 1 rings (SSSR count). The average Bonchev–Trinajstić information content (AvgIpc) is 2.38. The van der Waals surface area contributed by atoms with Gasteiger partial charge in [-0.1, -0.05) is 13.8 Å². The quantitative estimate of drug-likeness (QED) is 0.712. The fraction of sp³-hybridized carbons (Fsp3) is 0.929. The van der Waals surface area contributed by atoms with Crippen molar-refractivity contribution in [2.75, 3.05) is 38.5 Å². The van der Waals surface area contributed by atoms with Crippen LogP contribution in [0.4, 0.5) is 0 Å². The maximum Gasteiger partial charge on any atom is 0.226 e. The third kappa shape index (κ3) is 5.92. The molecule has 2 N–H and O–H groups in total. The Morgan fingerprint density at radius 2 is 1.86 bits per heavy atom. The molecular weight excluding hydrogens is 290 g/mol. The Labute approximate surface area is 128 Å². The number of hydrogen-bond donors (Lipinski definition) is 2. The van der Waals surface area contributed by atoms with E-state index in [4.69, 9.17) is 0 Å². The van der Waals surface area contributed by atoms with Gasteiger partial charge in [0.1, 0.15) is 0 Å². The van der Waals surface area contributed by atoms with Gasteiger partial charge in [0.2, 0.25) is 15.9 Å². The van der Waals surface area contributed by atoms with Gasteiger partial charge in [-0.15, -0.1) is 0 Å². The average molecular weight is 319 g/mol. The van der Waals surface area contributed by atoms with Gasteiger partial charge in [-0.05, 0) is 26.2 Å². The number of nitrogens with one attached hydrogen (secondary N) is 2. The first-order valence-corrected chi connectivity index (χ1v) is 9.23. The van der Waals surface area contributed by atoms with E-state index in [1.165, 1.54) is 4.31 Å². The van der Waals surface area contributed by atoms with Crippen LogP contribution in [0.2, 0.25) is 0 Å². The summed E-state index contributed by atoms with van der Waals surface area (Å²) >= 11 is 0. The van der Waals surface area contributed by atoms with Crippen molar-refractivity contribution in [3.63, 3.8) is 0 Å². The molecule has 6 nitrogen and oxygen atoms in total. The molecule has 0 aromatic carbocycles. The van der Waals surface area contributed by atoms with E-state index in [1.807, 2.05) is 0 Å². The molecule has 0 bridgehead atoms. The van der Waals surface area contributed by atoms with Crippen LogP contribution in [0, 0.1) is 11.3 Å². The topological polar surface area (TPSA) is 78.5 Å². The standard InChI is InChI=1S/C14H29N3O3S/c1-12(2)5-6-16-13(18)14(3,4)11-21(19,20)17-9-7-15-8-10-17/h12,15H,5-11H2,1-4H3,(H,16,18). The Kier molecular flexibility index (Phi) is 6.62. The van der Waals surface area contributed by atoms with Gasteiger partial charge in [-0.3, -0.25) is 4.79 Å². The lowest BCUT2D eigenvalue weighted by atomic mass is 9.95. The second kappa shape index (κ2) is 7.56. The SMILES string of the molecule is CC(C)CCNC(=O)C(C)(C)CS(=O)(=O)N1CCNCC1. The molecule has 0 radical (unpaired) electrons. The third-order valence-electron chi connectivity index (χ3n) is 3.63. The molecule has 0 unspecified atom stereocenters. The second-order valence-electron chi connectivity index (χ2n) is 6.73. The minimum absolute atomic E-state index is 0.145. The predicted octanol–water partition coefficient (Wildman–Crippen LogP) is 0.410. The highest BCUT2D eigenvalue weighted by molar-refractivity contribution is 7.89. The summed E-state index contributed by atoms with van der Waals surface area (Å²) in [4.78, 5) is 12.2. The summed E-state index contributed by atoms with van der Waals surface area (Å²) in [6.45, 7) is 10.4. The van der Waals surface area contributed by atoms with E-state index >= 15 is 0 Å². The summed E-state index contributed by atoms with van der Waals surface area (Å²) < 4.78 is 26.3. The molecule has 0 aromatic rings. The first-order chi connectivity index (χ1) is 9.65. The number of carbonyl (C=O) groups excluding carboxylic acids is 1. The zero-order chi connectivity index (χ0) is 16.1. The van der Waals surface area contributed by atoms with Crippen molar-refractivity contribution in [1.29, 1.82) is 0 Å². The number of amides is 1. The number of piperazine rings is 1. The summed E-state index contributed by atoms with van der Waals surface area (Å²) in [5, 5.41) is 5.97. The number of sulfonamides is 1. The molecule has 1 heterocycles. The van der Waals surface area contributed by atoms with E-state index < -0.39 is 15.4 Å². The third-order valence-corrected chi connectivity index (χ3v) is 5.87. The number of nitrogens with zero attached hydrogens (tertiary/aromatic N) is 1. The van der Waals surface area contributed by atoms with E-state index in [9.17, 15) is 13.2 Å². The van der Waals surface area contributed by atoms with E-state index in [1.54, 1.807) is 13.8 Å². The summed E-state index contributed by atoms with van der Waals surface area (Å²) in [6.07, 6.45) is 0.895. The lowest BCUT2D eigenvalue weighted by Gasteiger charge is -2.31. The van der Waals surface area contributed by atoms with Gasteiger partial charge in [-0.25, -0.2) is 8.42 Å². The van der Waals surface area contributed by atoms with Crippen molar-refractivity contribution in [3.05, 3.63) is 0 Å². The van der Waals surface area contributed by atoms with Crippen molar-refractivity contribution in [2.45, 2.75) is 34.1 Å².